The van der Waals surface area contributed by atoms with Crippen LogP contribution in [0.1, 0.15) is 38.1 Å². The molecule has 1 aromatic carbocycles. The molecular weight excluding hydrogens is 402 g/mol. The largest absolute Gasteiger partial charge is 0.384 e. The van der Waals surface area contributed by atoms with Gasteiger partial charge in [-0.15, -0.1) is 0 Å². The van der Waals surface area contributed by atoms with Gasteiger partial charge < -0.3 is 20.2 Å². The minimum atomic E-state index is -0.0176. The number of H-pyrrole nitrogens is 1. The van der Waals surface area contributed by atoms with E-state index in [9.17, 15) is 10.5 Å². The Morgan fingerprint density at radius 2 is 1.75 bits per heavy atom. The van der Waals surface area contributed by atoms with Crippen LogP contribution in [0.5, 0.6) is 0 Å². The Labute approximate surface area is 186 Å². The molecule has 3 N–H and O–H groups in total. The molecular formula is C23H25N9. The van der Waals surface area contributed by atoms with Gasteiger partial charge >= 0.3 is 0 Å². The second-order valence-corrected chi connectivity index (χ2v) is 7.57. The van der Waals surface area contributed by atoms with E-state index in [-0.39, 0.29) is 11.4 Å². The van der Waals surface area contributed by atoms with Crippen molar-refractivity contribution in [2.24, 2.45) is 0 Å². The number of nitrogens with two attached hydrogens (primary N) is 1. The Morgan fingerprint density at radius 1 is 1.03 bits per heavy atom. The zero-order valence-corrected chi connectivity index (χ0v) is 18.3. The molecule has 9 nitrogen and oxygen atoms in total. The standard InChI is InChI=1S/C23H25N9/c1-3-31(4-2)11-7-8-12-32-21(26)19(22-28-15-9-5-6-10-16(15)29-22)20-23(32)30-18(14-25)17(13-24)27-20/h5-6,9-10H,3-4,7-8,11-12,26H2,1-2H3,(H,28,29). The van der Waals surface area contributed by atoms with Crippen LogP contribution < -0.4 is 5.73 Å². The molecule has 0 unspecified atom stereocenters. The molecule has 0 bridgehead atoms. The maximum absolute atomic E-state index is 9.46. The van der Waals surface area contributed by atoms with Crippen molar-refractivity contribution >= 4 is 28.0 Å². The van der Waals surface area contributed by atoms with E-state index < -0.39 is 0 Å². The fourth-order valence-electron chi connectivity index (χ4n) is 3.98. The lowest BCUT2D eigenvalue weighted by Gasteiger charge is -2.17. The summed E-state index contributed by atoms with van der Waals surface area (Å²) in [5.41, 5.74) is 9.84. The Hall–Kier alpha value is -3.95. The summed E-state index contributed by atoms with van der Waals surface area (Å²) in [6.07, 6.45) is 1.91. The minimum absolute atomic E-state index is 0.00181. The number of hydrogen-bond acceptors (Lipinski definition) is 7. The molecule has 3 aromatic heterocycles. The monoisotopic (exact) mass is 427 g/mol. The van der Waals surface area contributed by atoms with E-state index >= 15 is 0 Å². The summed E-state index contributed by atoms with van der Waals surface area (Å²) in [4.78, 5) is 19.3. The first-order valence-electron chi connectivity index (χ1n) is 10.8. The molecule has 0 saturated heterocycles. The number of nitrogen functional groups attached to an aromatic ring is 1. The average molecular weight is 428 g/mol. The third kappa shape index (κ3) is 3.75. The van der Waals surface area contributed by atoms with Crippen LogP contribution in [0.4, 0.5) is 5.82 Å². The maximum Gasteiger partial charge on any atom is 0.179 e. The number of nitrogens with zero attached hydrogens (tertiary/aromatic N) is 7. The number of unbranched alkanes of at least 4 members (excludes halogenated alkanes) is 1. The summed E-state index contributed by atoms with van der Waals surface area (Å²) < 4.78 is 1.88. The zero-order valence-electron chi connectivity index (χ0n) is 18.3. The van der Waals surface area contributed by atoms with E-state index in [2.05, 4.69) is 38.7 Å². The number of rotatable bonds is 8. The Bertz CT molecular complexity index is 1310. The summed E-state index contributed by atoms with van der Waals surface area (Å²) in [5.74, 6) is 1.04. The molecule has 3 heterocycles. The number of benzene rings is 1. The first-order valence-corrected chi connectivity index (χ1v) is 10.8. The average Bonchev–Trinajstić information content (AvgIpc) is 3.35. The first kappa shape index (κ1) is 21.3. The number of aryl methyl sites for hydroxylation is 1. The molecule has 0 radical (unpaired) electrons. The lowest BCUT2D eigenvalue weighted by Crippen LogP contribution is -2.24. The molecule has 4 rings (SSSR count). The lowest BCUT2D eigenvalue weighted by atomic mass is 10.2. The van der Waals surface area contributed by atoms with Crippen molar-refractivity contribution in [2.45, 2.75) is 33.2 Å². The van der Waals surface area contributed by atoms with E-state index in [4.69, 9.17) is 5.73 Å². The van der Waals surface area contributed by atoms with E-state index in [0.717, 1.165) is 43.5 Å². The van der Waals surface area contributed by atoms with E-state index in [1.165, 1.54) is 0 Å². The topological polar surface area (TPSA) is 136 Å². The SMILES string of the molecule is CCN(CC)CCCCn1c(N)c(-c2nc3ccccc3[nH]2)c2nc(C#N)c(C#N)nc21. The number of aromatic amines is 1. The second-order valence-electron chi connectivity index (χ2n) is 7.57. The van der Waals surface area contributed by atoms with Crippen LogP contribution in [-0.4, -0.2) is 49.0 Å². The van der Waals surface area contributed by atoms with Gasteiger partial charge in [-0.05, 0) is 44.6 Å². The molecule has 162 valence electrons. The minimum Gasteiger partial charge on any atom is -0.384 e. The van der Waals surface area contributed by atoms with Gasteiger partial charge in [0.25, 0.3) is 0 Å². The predicted octanol–water partition coefficient (Wildman–Crippen LogP) is 3.42. The number of nitrogens with one attached hydrogen (secondary N) is 1. The molecule has 0 saturated carbocycles. The Kier molecular flexibility index (Phi) is 6.02. The highest BCUT2D eigenvalue weighted by atomic mass is 15.1. The van der Waals surface area contributed by atoms with Crippen LogP contribution in [0, 0.1) is 22.7 Å². The molecule has 0 aliphatic heterocycles. The molecule has 0 atom stereocenters. The first-order chi connectivity index (χ1) is 15.6. The van der Waals surface area contributed by atoms with Crippen molar-refractivity contribution < 1.29 is 0 Å². The van der Waals surface area contributed by atoms with Gasteiger partial charge in [-0.25, -0.2) is 15.0 Å². The van der Waals surface area contributed by atoms with Crippen LogP contribution in [0.25, 0.3) is 33.6 Å². The van der Waals surface area contributed by atoms with Gasteiger partial charge in [0.15, 0.2) is 17.0 Å². The summed E-state index contributed by atoms with van der Waals surface area (Å²) in [6.45, 7) is 8.01. The number of fused-ring (bicyclic) bond motifs is 2. The van der Waals surface area contributed by atoms with Crippen LogP contribution in [0.15, 0.2) is 24.3 Å². The highest BCUT2D eigenvalue weighted by Gasteiger charge is 2.23. The predicted molar refractivity (Wildman–Crippen MR) is 123 cm³/mol. The van der Waals surface area contributed by atoms with E-state index in [1.807, 2.05) is 41.0 Å². The summed E-state index contributed by atoms with van der Waals surface area (Å²) >= 11 is 0. The van der Waals surface area contributed by atoms with Crippen molar-refractivity contribution in [3.05, 3.63) is 35.7 Å². The van der Waals surface area contributed by atoms with Crippen molar-refractivity contribution in [1.82, 2.24) is 29.4 Å². The van der Waals surface area contributed by atoms with Gasteiger partial charge in [-0.3, -0.25) is 0 Å². The van der Waals surface area contributed by atoms with E-state index in [1.54, 1.807) is 0 Å². The maximum atomic E-state index is 9.46. The second kappa shape index (κ2) is 9.04. The lowest BCUT2D eigenvalue weighted by molar-refractivity contribution is 0.294. The molecule has 0 amide bonds. The van der Waals surface area contributed by atoms with Crippen molar-refractivity contribution in [3.8, 4) is 23.5 Å². The summed E-state index contributed by atoms with van der Waals surface area (Å²) in [6, 6.07) is 11.6. The molecule has 9 heteroatoms. The number of para-hydroxylation sites is 2. The third-order valence-electron chi connectivity index (χ3n) is 5.76. The highest BCUT2D eigenvalue weighted by molar-refractivity contribution is 5.98. The highest BCUT2D eigenvalue weighted by Crippen LogP contribution is 2.35. The number of imidazole rings is 1. The molecule has 0 aliphatic carbocycles. The third-order valence-corrected chi connectivity index (χ3v) is 5.76. The number of hydrogen-bond donors (Lipinski definition) is 2. The normalized spacial score (nSPS) is 11.3. The molecule has 32 heavy (non-hydrogen) atoms. The van der Waals surface area contributed by atoms with Gasteiger partial charge in [0.2, 0.25) is 0 Å². The number of nitriles is 2. The molecule has 0 spiro atoms. The van der Waals surface area contributed by atoms with Crippen LogP contribution in [0.3, 0.4) is 0 Å². The van der Waals surface area contributed by atoms with Gasteiger partial charge in [0.05, 0.1) is 16.6 Å². The smallest absolute Gasteiger partial charge is 0.179 e. The quantitative estimate of drug-likeness (QED) is 0.411. The van der Waals surface area contributed by atoms with Crippen LogP contribution in [0.2, 0.25) is 0 Å². The van der Waals surface area contributed by atoms with Crippen LogP contribution >= 0.6 is 0 Å². The summed E-state index contributed by atoms with van der Waals surface area (Å²) in [5, 5.41) is 18.9. The molecule has 0 fully saturated rings. The van der Waals surface area contributed by atoms with Gasteiger partial charge in [-0.1, -0.05) is 26.0 Å². The number of anilines is 1. The summed E-state index contributed by atoms with van der Waals surface area (Å²) in [7, 11) is 0. The number of aromatic nitrogens is 5. The van der Waals surface area contributed by atoms with Gasteiger partial charge in [-0.2, -0.15) is 10.5 Å². The Balaban J connectivity index is 1.80. The molecule has 0 aliphatic rings. The fourth-order valence-corrected chi connectivity index (χ4v) is 3.98. The van der Waals surface area contributed by atoms with Crippen molar-refractivity contribution in [2.75, 3.05) is 25.4 Å². The van der Waals surface area contributed by atoms with Crippen molar-refractivity contribution in [1.29, 1.82) is 10.5 Å². The Morgan fingerprint density at radius 3 is 2.44 bits per heavy atom. The van der Waals surface area contributed by atoms with Gasteiger partial charge in [0, 0.05) is 6.54 Å². The van der Waals surface area contributed by atoms with Crippen molar-refractivity contribution in [3.63, 3.8) is 0 Å². The van der Waals surface area contributed by atoms with E-state index in [0.29, 0.717) is 34.9 Å². The van der Waals surface area contributed by atoms with Gasteiger partial charge in [0.1, 0.15) is 29.3 Å². The zero-order chi connectivity index (χ0) is 22.7. The molecule has 4 aromatic rings. The fraction of sp³-hybridized carbons (Fsp3) is 0.348. The van der Waals surface area contributed by atoms with Crippen LogP contribution in [-0.2, 0) is 6.54 Å².